The molecule has 12 atom stereocenters. The molecule has 4 unspecified atom stereocenters. The molecular weight excluding hydrogens is 1060 g/mol. The van der Waals surface area contributed by atoms with Gasteiger partial charge in [0.05, 0.1) is 54.8 Å². The molecule has 83 heavy (non-hydrogen) atoms. The van der Waals surface area contributed by atoms with E-state index in [1.807, 2.05) is 73.6 Å². The van der Waals surface area contributed by atoms with Gasteiger partial charge in [-0.3, -0.25) is 33.7 Å². The van der Waals surface area contributed by atoms with Crippen LogP contribution in [0.25, 0.3) is 0 Å². The summed E-state index contributed by atoms with van der Waals surface area (Å²) in [6.45, 7) is 22.8. The third kappa shape index (κ3) is 21.0. The summed E-state index contributed by atoms with van der Waals surface area (Å²) >= 11 is 0. The SMILES string of the molecule is CC[C@H](C)C([C@@H](CC(=O)N1CCC[C@H]1C(OC)[C@@H](C)C(=O)N[C@H](C)[C@@H](O)c1ccccc1)OC)N(C)C(=O)[C@@H](NC(=O)C(C(C)C)N(C)C(=O)OCc1ccc(NC(=O)[C@H](CCCNC(N)=O)NC(=O)C(NC(C)C)C(C)C)cc1)C(C)C. The first-order chi connectivity index (χ1) is 39.1. The molecule has 3 rings (SSSR count). The van der Waals surface area contributed by atoms with Crippen molar-refractivity contribution in [3.05, 3.63) is 65.7 Å². The van der Waals surface area contributed by atoms with Crippen molar-refractivity contribution in [2.75, 3.05) is 46.7 Å². The van der Waals surface area contributed by atoms with Crippen molar-refractivity contribution < 1.29 is 57.7 Å². The predicted octanol–water partition coefficient (Wildman–Crippen LogP) is 5.47. The summed E-state index contributed by atoms with van der Waals surface area (Å²) in [6.07, 6.45) is -0.673. The molecule has 1 fully saturated rings. The minimum atomic E-state index is -1.05. The van der Waals surface area contributed by atoms with Gasteiger partial charge in [0.2, 0.25) is 35.4 Å². The molecule has 1 aliphatic rings. The molecule has 466 valence electrons. The fourth-order valence-corrected chi connectivity index (χ4v) is 10.8. The van der Waals surface area contributed by atoms with Crippen LogP contribution < -0.4 is 37.6 Å². The molecule has 0 aliphatic carbocycles. The highest BCUT2D eigenvalue weighted by molar-refractivity contribution is 5.98. The predicted molar refractivity (Wildman–Crippen MR) is 319 cm³/mol. The van der Waals surface area contributed by atoms with Crippen LogP contribution in [0.3, 0.4) is 0 Å². The topological polar surface area (TPSA) is 292 Å². The summed E-state index contributed by atoms with van der Waals surface area (Å²) in [5.41, 5.74) is 6.89. The second-order valence-corrected chi connectivity index (χ2v) is 23.6. The molecule has 0 spiro atoms. The van der Waals surface area contributed by atoms with Crippen LogP contribution in [-0.2, 0) is 49.6 Å². The number of methoxy groups -OCH3 is 2. The molecule has 1 saturated heterocycles. The molecule has 0 bridgehead atoms. The van der Waals surface area contributed by atoms with Gasteiger partial charge in [-0.1, -0.05) is 125 Å². The molecule has 22 nitrogen and oxygen atoms in total. The number of aliphatic hydroxyl groups excluding tert-OH is 1. The maximum atomic E-state index is 14.8. The zero-order chi connectivity index (χ0) is 62.4. The standard InChI is InChI=1S/C61H100N10O12/c1-17-39(10)52(47(81-15)33-48(72)71-32-22-26-46(71)54(82-16)40(11)55(74)65-41(12)53(73)43-23-19-18-20-24-43)69(13)59(78)50(36(4)5)68-58(77)51(37(6)7)70(14)61(80)83-34-42-27-29-44(30-28-42)66-56(75)45(25-21-31-63-60(62)79)67-57(76)49(35(2)3)64-38(8)9/h18-20,23-24,27-30,35-41,45-47,49-54,64,73H,17,21-22,25-26,31-34H2,1-16H3,(H,65,74)(H,66,75)(H,67,76)(H,68,77)(H3,62,63,79)/t39-,40+,41+,45-,46-,47+,49?,50-,51?,52?,53+,54?/m0/s1. The molecule has 0 saturated carbocycles. The summed E-state index contributed by atoms with van der Waals surface area (Å²) in [5, 5.41) is 28.3. The molecule has 9 N–H and O–H groups in total. The van der Waals surface area contributed by atoms with Gasteiger partial charge in [-0.15, -0.1) is 0 Å². The van der Waals surface area contributed by atoms with Crippen molar-refractivity contribution in [3.8, 4) is 0 Å². The van der Waals surface area contributed by atoms with Crippen molar-refractivity contribution in [2.24, 2.45) is 35.3 Å². The van der Waals surface area contributed by atoms with Gasteiger partial charge in [0.1, 0.15) is 24.7 Å². The minimum absolute atomic E-state index is 0.0193. The van der Waals surface area contributed by atoms with Crippen molar-refractivity contribution in [1.82, 2.24) is 41.3 Å². The van der Waals surface area contributed by atoms with Crippen LogP contribution in [-0.4, -0.2) is 169 Å². The number of nitrogens with two attached hydrogens (primary N) is 1. The Morgan fingerprint density at radius 2 is 1.37 bits per heavy atom. The average molecular weight is 1170 g/mol. The zero-order valence-corrected chi connectivity index (χ0v) is 52.2. The summed E-state index contributed by atoms with van der Waals surface area (Å²) in [7, 11) is 6.14. The number of urea groups is 1. The highest BCUT2D eigenvalue weighted by Crippen LogP contribution is 2.30. The Morgan fingerprint density at radius 1 is 0.747 bits per heavy atom. The summed E-state index contributed by atoms with van der Waals surface area (Å²) in [5.74, 6) is -3.99. The Hall–Kier alpha value is -6.36. The zero-order valence-electron chi connectivity index (χ0n) is 52.2. The number of benzene rings is 2. The third-order valence-electron chi connectivity index (χ3n) is 15.7. The monoisotopic (exact) mass is 1160 g/mol. The summed E-state index contributed by atoms with van der Waals surface area (Å²) in [6, 6.07) is 9.83. The lowest BCUT2D eigenvalue weighted by Gasteiger charge is -2.41. The molecule has 1 heterocycles. The van der Waals surface area contributed by atoms with Crippen LogP contribution in [0, 0.1) is 29.6 Å². The Balaban J connectivity index is 1.71. The first-order valence-electron chi connectivity index (χ1n) is 29.4. The van der Waals surface area contributed by atoms with E-state index < -0.39 is 108 Å². The van der Waals surface area contributed by atoms with E-state index in [2.05, 4.69) is 31.9 Å². The van der Waals surface area contributed by atoms with Crippen molar-refractivity contribution in [2.45, 2.75) is 195 Å². The van der Waals surface area contributed by atoms with Crippen LogP contribution in [0.4, 0.5) is 15.3 Å². The van der Waals surface area contributed by atoms with Gasteiger partial charge in [-0.2, -0.15) is 0 Å². The maximum absolute atomic E-state index is 14.8. The van der Waals surface area contributed by atoms with Gasteiger partial charge >= 0.3 is 12.1 Å². The van der Waals surface area contributed by atoms with Crippen LogP contribution in [0.5, 0.6) is 0 Å². The molecule has 0 radical (unpaired) electrons. The number of likely N-dealkylation sites (tertiary alicyclic amines) is 1. The second kappa shape index (κ2) is 34.4. The number of nitrogens with one attached hydrogen (secondary N) is 6. The van der Waals surface area contributed by atoms with Gasteiger partial charge < -0.3 is 66.8 Å². The van der Waals surface area contributed by atoms with Gasteiger partial charge in [-0.05, 0) is 79.5 Å². The van der Waals surface area contributed by atoms with Gasteiger partial charge in [0.15, 0.2) is 0 Å². The fourth-order valence-electron chi connectivity index (χ4n) is 10.8. The number of carbonyl (C=O) groups excluding carboxylic acids is 8. The first kappa shape index (κ1) is 70.9. The fraction of sp³-hybridized carbons (Fsp3) is 0.672. The Morgan fingerprint density at radius 3 is 1.92 bits per heavy atom. The number of rotatable bonds is 33. The number of carbonyl (C=O) groups is 8. The third-order valence-corrected chi connectivity index (χ3v) is 15.7. The van der Waals surface area contributed by atoms with E-state index in [-0.39, 0.29) is 61.6 Å². The normalized spacial score (nSPS) is 17.5. The number of aliphatic hydroxyl groups is 1. The van der Waals surface area contributed by atoms with Crippen LogP contribution in [0.2, 0.25) is 0 Å². The second-order valence-electron chi connectivity index (χ2n) is 23.6. The molecule has 2 aromatic carbocycles. The van der Waals surface area contributed by atoms with Crippen molar-refractivity contribution in [3.63, 3.8) is 0 Å². The molecule has 2 aromatic rings. The smallest absolute Gasteiger partial charge is 0.410 e. The Bertz CT molecular complexity index is 2390. The highest BCUT2D eigenvalue weighted by Gasteiger charge is 2.44. The lowest BCUT2D eigenvalue weighted by Crippen LogP contribution is -2.60. The number of ether oxygens (including phenoxy) is 3. The van der Waals surface area contributed by atoms with E-state index in [1.54, 1.807) is 80.9 Å². The van der Waals surface area contributed by atoms with Crippen LogP contribution in [0.1, 0.15) is 139 Å². The molecule has 9 amide bonds. The lowest BCUT2D eigenvalue weighted by atomic mass is 9.89. The first-order valence-corrected chi connectivity index (χ1v) is 29.4. The number of likely N-dealkylation sites (N-methyl/N-ethyl adjacent to an activating group) is 2. The van der Waals surface area contributed by atoms with E-state index in [0.29, 0.717) is 49.0 Å². The lowest BCUT2D eigenvalue weighted by molar-refractivity contribution is -0.148. The average Bonchev–Trinajstić information content (AvgIpc) is 4.01. The number of nitrogens with zero attached hydrogens (tertiary/aromatic N) is 3. The van der Waals surface area contributed by atoms with E-state index >= 15 is 0 Å². The highest BCUT2D eigenvalue weighted by atomic mass is 16.6. The molecule has 0 aromatic heterocycles. The number of anilines is 1. The van der Waals surface area contributed by atoms with Crippen molar-refractivity contribution >= 4 is 53.3 Å². The van der Waals surface area contributed by atoms with Gasteiger partial charge in [0, 0.05) is 53.1 Å². The molecule has 22 heteroatoms. The van der Waals surface area contributed by atoms with E-state index in [0.717, 1.165) is 0 Å². The number of hydrogen-bond acceptors (Lipinski definition) is 13. The maximum Gasteiger partial charge on any atom is 0.410 e. The Kier molecular flexibility index (Phi) is 29.4. The largest absolute Gasteiger partial charge is 0.445 e. The van der Waals surface area contributed by atoms with E-state index in [1.165, 1.54) is 26.2 Å². The minimum Gasteiger partial charge on any atom is -0.445 e. The van der Waals surface area contributed by atoms with E-state index in [4.69, 9.17) is 19.9 Å². The van der Waals surface area contributed by atoms with Gasteiger partial charge in [0.25, 0.3) is 0 Å². The molecule has 1 aliphatic heterocycles. The van der Waals surface area contributed by atoms with E-state index in [9.17, 15) is 43.5 Å². The van der Waals surface area contributed by atoms with Crippen LogP contribution >= 0.6 is 0 Å². The number of amides is 9. The molecular formula is C61H100N10O12. The quantitative estimate of drug-likeness (QED) is 0.0412. The Labute approximate surface area is 493 Å². The van der Waals surface area contributed by atoms with Gasteiger partial charge in [-0.25, -0.2) is 9.59 Å². The summed E-state index contributed by atoms with van der Waals surface area (Å²) < 4.78 is 17.7. The summed E-state index contributed by atoms with van der Waals surface area (Å²) in [4.78, 5) is 114. The van der Waals surface area contributed by atoms with Crippen molar-refractivity contribution in [1.29, 1.82) is 0 Å². The number of hydrogen-bond donors (Lipinski definition) is 8. The number of primary amides is 1. The van der Waals surface area contributed by atoms with Crippen LogP contribution in [0.15, 0.2) is 54.6 Å².